The fourth-order valence-electron chi connectivity index (χ4n) is 2.44. The van der Waals surface area contributed by atoms with Crippen LogP contribution in [-0.2, 0) is 6.54 Å². The highest BCUT2D eigenvalue weighted by atomic mass is 35.5. The van der Waals surface area contributed by atoms with Crippen molar-refractivity contribution < 1.29 is 0 Å². The summed E-state index contributed by atoms with van der Waals surface area (Å²) in [6.45, 7) is 5.39. The Morgan fingerprint density at radius 1 is 1.42 bits per heavy atom. The van der Waals surface area contributed by atoms with Gasteiger partial charge in [-0.1, -0.05) is 31.0 Å². The van der Waals surface area contributed by atoms with Crippen molar-refractivity contribution in [2.75, 3.05) is 11.9 Å². The van der Waals surface area contributed by atoms with Gasteiger partial charge < -0.3 is 10.2 Å². The van der Waals surface area contributed by atoms with E-state index in [0.29, 0.717) is 12.1 Å². The first-order valence-electron chi connectivity index (χ1n) is 7.37. The van der Waals surface area contributed by atoms with Gasteiger partial charge in [-0.15, -0.1) is 0 Å². The van der Waals surface area contributed by atoms with Crippen LogP contribution in [-0.4, -0.2) is 19.1 Å². The van der Waals surface area contributed by atoms with E-state index in [1.165, 1.54) is 36.9 Å². The molecule has 0 bridgehead atoms. The summed E-state index contributed by atoms with van der Waals surface area (Å²) in [7, 11) is 2.17. The molecule has 3 heteroatoms. The summed E-state index contributed by atoms with van der Waals surface area (Å²) < 4.78 is 0. The second-order valence-corrected chi connectivity index (χ2v) is 6.05. The summed E-state index contributed by atoms with van der Waals surface area (Å²) in [4.78, 5) is 2.36. The molecule has 0 radical (unpaired) electrons. The molecule has 0 aliphatic heterocycles. The molecule has 1 atom stereocenters. The number of halogens is 1. The topological polar surface area (TPSA) is 15.3 Å². The van der Waals surface area contributed by atoms with Gasteiger partial charge in [-0.25, -0.2) is 0 Å². The lowest BCUT2D eigenvalue weighted by atomic mass is 10.1. The molecule has 0 saturated heterocycles. The molecule has 1 aromatic rings. The Bertz CT molecular complexity index is 415. The molecule has 0 heterocycles. The molecule has 1 aliphatic carbocycles. The van der Waals surface area contributed by atoms with Gasteiger partial charge in [0.2, 0.25) is 0 Å². The molecule has 1 aliphatic rings. The van der Waals surface area contributed by atoms with Gasteiger partial charge in [-0.05, 0) is 38.3 Å². The highest BCUT2D eigenvalue weighted by molar-refractivity contribution is 6.31. The molecule has 19 heavy (non-hydrogen) atoms. The van der Waals surface area contributed by atoms with Gasteiger partial charge in [0, 0.05) is 41.9 Å². The Kier molecular flexibility index (Phi) is 5.12. The van der Waals surface area contributed by atoms with E-state index < -0.39 is 0 Å². The largest absolute Gasteiger partial charge is 0.372 e. The maximum absolute atomic E-state index is 6.39. The van der Waals surface area contributed by atoms with Crippen LogP contribution in [0.1, 0.15) is 45.1 Å². The minimum absolute atomic E-state index is 0.545. The highest BCUT2D eigenvalue weighted by Crippen LogP contribution is 2.30. The van der Waals surface area contributed by atoms with Crippen molar-refractivity contribution in [3.05, 3.63) is 28.8 Å². The molecule has 1 aromatic carbocycles. The van der Waals surface area contributed by atoms with Crippen molar-refractivity contribution in [3.63, 3.8) is 0 Å². The van der Waals surface area contributed by atoms with E-state index in [9.17, 15) is 0 Å². The van der Waals surface area contributed by atoms with Crippen LogP contribution in [0, 0.1) is 0 Å². The SMILES string of the molecule is CCCC(C)N(C)c1cccc(Cl)c1CNC1CC1. The Balaban J connectivity index is 2.14. The number of anilines is 1. The Labute approximate surface area is 122 Å². The molecule has 0 amide bonds. The third-order valence-electron chi connectivity index (χ3n) is 3.99. The zero-order valence-electron chi connectivity index (χ0n) is 12.2. The van der Waals surface area contributed by atoms with E-state index in [4.69, 9.17) is 11.6 Å². The van der Waals surface area contributed by atoms with Crippen LogP contribution >= 0.6 is 11.6 Å². The first-order valence-corrected chi connectivity index (χ1v) is 7.74. The van der Waals surface area contributed by atoms with Gasteiger partial charge in [-0.2, -0.15) is 0 Å². The number of hydrogen-bond donors (Lipinski definition) is 1. The molecule has 106 valence electrons. The lowest BCUT2D eigenvalue weighted by molar-refractivity contribution is 0.610. The summed E-state index contributed by atoms with van der Waals surface area (Å²) >= 11 is 6.39. The van der Waals surface area contributed by atoms with Gasteiger partial charge in [0.15, 0.2) is 0 Å². The van der Waals surface area contributed by atoms with Gasteiger partial charge in [0.25, 0.3) is 0 Å². The van der Waals surface area contributed by atoms with Gasteiger partial charge in [0.05, 0.1) is 0 Å². The van der Waals surface area contributed by atoms with Gasteiger partial charge in [-0.3, -0.25) is 0 Å². The van der Waals surface area contributed by atoms with Crippen LogP contribution in [0.15, 0.2) is 18.2 Å². The first kappa shape index (κ1) is 14.7. The summed E-state index contributed by atoms with van der Waals surface area (Å²) in [6.07, 6.45) is 5.03. The zero-order chi connectivity index (χ0) is 13.8. The Morgan fingerprint density at radius 3 is 2.79 bits per heavy atom. The van der Waals surface area contributed by atoms with E-state index in [2.05, 4.69) is 37.2 Å². The van der Waals surface area contributed by atoms with Crippen molar-refractivity contribution in [2.24, 2.45) is 0 Å². The van der Waals surface area contributed by atoms with Crippen molar-refractivity contribution in [1.29, 1.82) is 0 Å². The average molecular weight is 281 g/mol. The molecule has 1 fully saturated rings. The lowest BCUT2D eigenvalue weighted by Crippen LogP contribution is -2.30. The molecule has 0 aromatic heterocycles. The number of benzene rings is 1. The summed E-state index contributed by atoms with van der Waals surface area (Å²) in [5, 5.41) is 4.44. The number of hydrogen-bond acceptors (Lipinski definition) is 2. The third-order valence-corrected chi connectivity index (χ3v) is 4.34. The second-order valence-electron chi connectivity index (χ2n) is 5.64. The van der Waals surface area contributed by atoms with E-state index in [-0.39, 0.29) is 0 Å². The van der Waals surface area contributed by atoms with Crippen molar-refractivity contribution in [2.45, 2.75) is 58.2 Å². The quantitative estimate of drug-likeness (QED) is 0.805. The van der Waals surface area contributed by atoms with E-state index >= 15 is 0 Å². The fourth-order valence-corrected chi connectivity index (χ4v) is 2.67. The van der Waals surface area contributed by atoms with Crippen LogP contribution in [0.25, 0.3) is 0 Å². The zero-order valence-corrected chi connectivity index (χ0v) is 13.0. The second kappa shape index (κ2) is 6.62. The Hall–Kier alpha value is -0.730. The van der Waals surface area contributed by atoms with Crippen molar-refractivity contribution in [1.82, 2.24) is 5.32 Å². The molecular formula is C16H25ClN2. The van der Waals surface area contributed by atoms with Crippen LogP contribution in [0.4, 0.5) is 5.69 Å². The van der Waals surface area contributed by atoms with Crippen LogP contribution in [0.5, 0.6) is 0 Å². The average Bonchev–Trinajstić information content (AvgIpc) is 3.20. The molecule has 2 rings (SSSR count). The highest BCUT2D eigenvalue weighted by Gasteiger charge is 2.22. The maximum Gasteiger partial charge on any atom is 0.0471 e. The first-order chi connectivity index (χ1) is 9.13. The maximum atomic E-state index is 6.39. The summed E-state index contributed by atoms with van der Waals surface area (Å²) in [5.41, 5.74) is 2.50. The molecule has 1 N–H and O–H groups in total. The van der Waals surface area contributed by atoms with Crippen LogP contribution in [0.3, 0.4) is 0 Å². The minimum atomic E-state index is 0.545. The summed E-state index contributed by atoms with van der Waals surface area (Å²) in [6, 6.07) is 7.48. The molecule has 0 spiro atoms. The summed E-state index contributed by atoms with van der Waals surface area (Å²) in [5.74, 6) is 0. The molecule has 1 unspecified atom stereocenters. The monoisotopic (exact) mass is 280 g/mol. The normalized spacial score (nSPS) is 16.4. The number of rotatable bonds is 7. The predicted octanol–water partition coefficient (Wildman–Crippen LogP) is 4.22. The third kappa shape index (κ3) is 3.87. The predicted molar refractivity (Wildman–Crippen MR) is 84.1 cm³/mol. The van der Waals surface area contributed by atoms with E-state index in [1.54, 1.807) is 0 Å². The van der Waals surface area contributed by atoms with Gasteiger partial charge in [0.1, 0.15) is 0 Å². The van der Waals surface area contributed by atoms with Crippen molar-refractivity contribution in [3.8, 4) is 0 Å². The fraction of sp³-hybridized carbons (Fsp3) is 0.625. The standard InChI is InChI=1S/C16H25ClN2/c1-4-6-12(2)19(3)16-8-5-7-15(17)14(16)11-18-13-9-10-13/h5,7-8,12-13,18H,4,6,9-11H2,1-3H3. The molecule has 2 nitrogen and oxygen atoms in total. The van der Waals surface area contributed by atoms with E-state index in [1.807, 2.05) is 12.1 Å². The van der Waals surface area contributed by atoms with Gasteiger partial charge >= 0.3 is 0 Å². The number of nitrogens with one attached hydrogen (secondary N) is 1. The van der Waals surface area contributed by atoms with Crippen LogP contribution < -0.4 is 10.2 Å². The Morgan fingerprint density at radius 2 is 2.16 bits per heavy atom. The number of nitrogens with zero attached hydrogens (tertiary/aromatic N) is 1. The van der Waals surface area contributed by atoms with E-state index in [0.717, 1.165) is 11.6 Å². The molecular weight excluding hydrogens is 256 g/mol. The minimum Gasteiger partial charge on any atom is -0.372 e. The van der Waals surface area contributed by atoms with Crippen molar-refractivity contribution >= 4 is 17.3 Å². The lowest BCUT2D eigenvalue weighted by Gasteiger charge is -2.29. The smallest absolute Gasteiger partial charge is 0.0471 e. The molecule has 1 saturated carbocycles. The van der Waals surface area contributed by atoms with Crippen LogP contribution in [0.2, 0.25) is 5.02 Å².